The summed E-state index contributed by atoms with van der Waals surface area (Å²) in [5.74, 6) is 0.583. The zero-order valence-corrected chi connectivity index (χ0v) is 9.31. The van der Waals surface area contributed by atoms with Crippen LogP contribution in [-0.2, 0) is 0 Å². The lowest BCUT2D eigenvalue weighted by Gasteiger charge is -2.08. The molecule has 0 fully saturated rings. The molecule has 0 atom stereocenters. The third-order valence-electron chi connectivity index (χ3n) is 2.12. The first kappa shape index (κ1) is 10.7. The second-order valence-electron chi connectivity index (χ2n) is 3.09. The van der Waals surface area contributed by atoms with E-state index in [1.54, 1.807) is 30.6 Å². The van der Waals surface area contributed by atoms with Gasteiger partial charge in [-0.3, -0.25) is 9.36 Å². The molecule has 0 saturated heterocycles. The summed E-state index contributed by atoms with van der Waals surface area (Å²) >= 11 is 5.91. The smallest absolute Gasteiger partial charge is 0.255 e. The zero-order chi connectivity index (χ0) is 11.5. The lowest BCUT2D eigenvalue weighted by molar-refractivity contribution is 0.411. The maximum atomic E-state index is 11.7. The Morgan fingerprint density at radius 2 is 2.19 bits per heavy atom. The van der Waals surface area contributed by atoms with Gasteiger partial charge < -0.3 is 4.74 Å². The maximum Gasteiger partial charge on any atom is 0.255 e. The van der Waals surface area contributed by atoms with E-state index in [0.29, 0.717) is 11.4 Å². The molecule has 0 N–H and O–H groups in total. The third kappa shape index (κ3) is 1.92. The molecule has 0 aromatic carbocycles. The highest BCUT2D eigenvalue weighted by Crippen LogP contribution is 2.17. The van der Waals surface area contributed by atoms with Gasteiger partial charge in [0.05, 0.1) is 19.0 Å². The molecule has 2 heterocycles. The van der Waals surface area contributed by atoms with Crippen LogP contribution in [0.25, 0.3) is 5.69 Å². The average Bonchev–Trinajstić information content (AvgIpc) is 2.31. The van der Waals surface area contributed by atoms with Crippen molar-refractivity contribution < 1.29 is 4.74 Å². The predicted octanol–water partition coefficient (Wildman–Crippen LogP) is 1.89. The summed E-state index contributed by atoms with van der Waals surface area (Å²) in [7, 11) is 1.54. The van der Waals surface area contributed by atoms with Crippen molar-refractivity contribution in [2.75, 3.05) is 7.11 Å². The van der Waals surface area contributed by atoms with Crippen LogP contribution in [0.2, 0.25) is 5.15 Å². The van der Waals surface area contributed by atoms with Gasteiger partial charge in [0.15, 0.2) is 5.15 Å². The first-order valence-corrected chi connectivity index (χ1v) is 4.98. The van der Waals surface area contributed by atoms with E-state index >= 15 is 0 Å². The molecular weight excluding hydrogens is 228 g/mol. The van der Waals surface area contributed by atoms with Crippen molar-refractivity contribution in [2.45, 2.75) is 0 Å². The van der Waals surface area contributed by atoms with Gasteiger partial charge in [-0.05, 0) is 18.2 Å². The van der Waals surface area contributed by atoms with Gasteiger partial charge in [0, 0.05) is 12.3 Å². The van der Waals surface area contributed by atoms with E-state index in [-0.39, 0.29) is 10.7 Å². The number of aromatic nitrogens is 2. The lowest BCUT2D eigenvalue weighted by Crippen LogP contribution is -2.16. The Hall–Kier alpha value is -1.81. The fourth-order valence-electron chi connectivity index (χ4n) is 1.33. The number of ether oxygens (including phenoxy) is 1. The summed E-state index contributed by atoms with van der Waals surface area (Å²) < 4.78 is 6.44. The Bertz CT molecular complexity index is 566. The Morgan fingerprint density at radius 3 is 2.88 bits per heavy atom. The Kier molecular flexibility index (Phi) is 2.92. The third-order valence-corrected chi connectivity index (χ3v) is 2.41. The number of hydrogen-bond donors (Lipinski definition) is 0. The van der Waals surface area contributed by atoms with Crippen LogP contribution >= 0.6 is 11.6 Å². The van der Waals surface area contributed by atoms with Crippen molar-refractivity contribution in [1.82, 2.24) is 9.55 Å². The number of nitrogens with zero attached hydrogens (tertiary/aromatic N) is 2. The van der Waals surface area contributed by atoms with E-state index in [2.05, 4.69) is 4.98 Å². The summed E-state index contributed by atoms with van der Waals surface area (Å²) in [5.41, 5.74) is 0.351. The molecule has 2 rings (SSSR count). The maximum absolute atomic E-state index is 11.7. The number of methoxy groups -OCH3 is 1. The normalized spacial score (nSPS) is 10.1. The summed E-state index contributed by atoms with van der Waals surface area (Å²) in [6, 6.07) is 6.45. The van der Waals surface area contributed by atoms with Crippen molar-refractivity contribution in [3.05, 3.63) is 52.2 Å². The Balaban J connectivity index is 2.64. The lowest BCUT2D eigenvalue weighted by atomic mass is 10.3. The fourth-order valence-corrected chi connectivity index (χ4v) is 1.54. The molecule has 0 unspecified atom stereocenters. The summed E-state index contributed by atoms with van der Waals surface area (Å²) in [6.07, 6.45) is 3.14. The number of pyridine rings is 2. The molecule has 0 aliphatic carbocycles. The highest BCUT2D eigenvalue weighted by molar-refractivity contribution is 6.31. The van der Waals surface area contributed by atoms with Gasteiger partial charge >= 0.3 is 0 Å². The van der Waals surface area contributed by atoms with Crippen molar-refractivity contribution in [1.29, 1.82) is 0 Å². The number of hydrogen-bond acceptors (Lipinski definition) is 3. The predicted molar refractivity (Wildman–Crippen MR) is 61.4 cm³/mol. The first-order valence-electron chi connectivity index (χ1n) is 4.60. The Labute approximate surface area is 97.1 Å². The van der Waals surface area contributed by atoms with Crippen LogP contribution in [0.3, 0.4) is 0 Å². The average molecular weight is 237 g/mol. The van der Waals surface area contributed by atoms with Crippen LogP contribution in [-0.4, -0.2) is 16.7 Å². The van der Waals surface area contributed by atoms with E-state index in [9.17, 15) is 4.79 Å². The molecule has 0 aliphatic rings. The molecule has 0 aliphatic heterocycles. The molecule has 0 amide bonds. The molecule has 0 bridgehead atoms. The quantitative estimate of drug-likeness (QED) is 0.748. The molecule has 16 heavy (non-hydrogen) atoms. The summed E-state index contributed by atoms with van der Waals surface area (Å²) in [6.45, 7) is 0. The first-order chi connectivity index (χ1) is 7.72. The van der Waals surface area contributed by atoms with Crippen molar-refractivity contribution in [3.63, 3.8) is 0 Å². The van der Waals surface area contributed by atoms with Crippen molar-refractivity contribution >= 4 is 11.6 Å². The highest BCUT2D eigenvalue weighted by atomic mass is 35.5. The van der Waals surface area contributed by atoms with Gasteiger partial charge in [0.2, 0.25) is 0 Å². The Morgan fingerprint density at radius 1 is 1.38 bits per heavy atom. The molecule has 0 spiro atoms. The number of rotatable bonds is 2. The van der Waals surface area contributed by atoms with Gasteiger partial charge in [-0.2, -0.15) is 0 Å². The molecule has 0 radical (unpaired) electrons. The van der Waals surface area contributed by atoms with Gasteiger partial charge in [0.1, 0.15) is 5.75 Å². The van der Waals surface area contributed by atoms with Crippen LogP contribution < -0.4 is 10.3 Å². The molecule has 4 nitrogen and oxygen atoms in total. The molecular formula is C11H9ClN2O2. The minimum Gasteiger partial charge on any atom is -0.495 e. The molecule has 5 heteroatoms. The highest BCUT2D eigenvalue weighted by Gasteiger charge is 2.05. The molecule has 0 saturated carbocycles. The molecule has 2 aromatic rings. The van der Waals surface area contributed by atoms with Crippen molar-refractivity contribution in [3.8, 4) is 11.4 Å². The minimum atomic E-state index is -0.185. The van der Waals surface area contributed by atoms with E-state index in [1.165, 1.54) is 17.7 Å². The fraction of sp³-hybridized carbons (Fsp3) is 0.0909. The van der Waals surface area contributed by atoms with E-state index < -0.39 is 0 Å². The van der Waals surface area contributed by atoms with Gasteiger partial charge in [0.25, 0.3) is 5.56 Å². The summed E-state index contributed by atoms with van der Waals surface area (Å²) in [5, 5.41) is 0.276. The largest absolute Gasteiger partial charge is 0.495 e. The molecule has 82 valence electrons. The summed E-state index contributed by atoms with van der Waals surface area (Å²) in [4.78, 5) is 15.6. The second kappa shape index (κ2) is 4.37. The second-order valence-corrected chi connectivity index (χ2v) is 3.45. The number of halogens is 1. The van der Waals surface area contributed by atoms with Crippen LogP contribution in [0.4, 0.5) is 0 Å². The van der Waals surface area contributed by atoms with Crippen LogP contribution in [0.1, 0.15) is 0 Å². The van der Waals surface area contributed by atoms with Gasteiger partial charge in [-0.1, -0.05) is 11.6 Å². The monoisotopic (exact) mass is 236 g/mol. The van der Waals surface area contributed by atoms with E-state index in [4.69, 9.17) is 16.3 Å². The van der Waals surface area contributed by atoms with Crippen LogP contribution in [0, 0.1) is 0 Å². The van der Waals surface area contributed by atoms with Crippen LogP contribution in [0.5, 0.6) is 5.75 Å². The SMILES string of the molecule is COc1ccc(=O)n(-c2cccnc2Cl)c1. The van der Waals surface area contributed by atoms with Crippen molar-refractivity contribution in [2.24, 2.45) is 0 Å². The van der Waals surface area contributed by atoms with E-state index in [0.717, 1.165) is 0 Å². The zero-order valence-electron chi connectivity index (χ0n) is 8.55. The van der Waals surface area contributed by atoms with Gasteiger partial charge in [-0.25, -0.2) is 4.98 Å². The molecule has 2 aromatic heterocycles. The van der Waals surface area contributed by atoms with Gasteiger partial charge in [-0.15, -0.1) is 0 Å². The topological polar surface area (TPSA) is 44.1 Å². The van der Waals surface area contributed by atoms with E-state index in [1.807, 2.05) is 0 Å². The standard InChI is InChI=1S/C11H9ClN2O2/c1-16-8-4-5-10(15)14(7-8)9-3-2-6-13-11(9)12/h2-7H,1H3. The minimum absolute atomic E-state index is 0.185. The van der Waals surface area contributed by atoms with Crippen LogP contribution in [0.15, 0.2) is 41.5 Å².